The molecule has 2 fully saturated rings. The first-order valence-electron chi connectivity index (χ1n) is 19.7. The normalized spacial score (nSPS) is 16.8. The minimum Gasteiger partial charge on any atom is -0.389 e. The van der Waals surface area contributed by atoms with Gasteiger partial charge in [-0.05, 0) is 93.0 Å². The van der Waals surface area contributed by atoms with Gasteiger partial charge in [0.05, 0.1) is 16.9 Å². The van der Waals surface area contributed by atoms with E-state index in [2.05, 4.69) is 21.2 Å². The first-order valence-corrected chi connectivity index (χ1v) is 19.7. The molecule has 2 aliphatic rings. The molecule has 0 aliphatic carbocycles. The maximum atomic E-state index is 14.2. The second kappa shape index (κ2) is 17.5. The molecular formula is C47H49N6O5+. The second-order valence-corrected chi connectivity index (χ2v) is 15.5. The van der Waals surface area contributed by atoms with E-state index in [1.165, 1.54) is 0 Å². The average Bonchev–Trinajstić information content (AvgIpc) is 3.64. The third kappa shape index (κ3) is 9.31. The largest absolute Gasteiger partial charge is 0.389 e. The van der Waals surface area contributed by atoms with Crippen LogP contribution in [0.15, 0.2) is 108 Å². The molecule has 0 saturated carbocycles. The van der Waals surface area contributed by atoms with Crippen molar-refractivity contribution in [2.45, 2.75) is 70.1 Å². The molecule has 2 aromatic carbocycles. The van der Waals surface area contributed by atoms with Gasteiger partial charge in [0.15, 0.2) is 18.5 Å². The zero-order chi connectivity index (χ0) is 40.7. The van der Waals surface area contributed by atoms with Crippen molar-refractivity contribution in [2.75, 3.05) is 26.2 Å². The quantitative estimate of drug-likeness (QED) is 0.0708. The van der Waals surface area contributed by atoms with E-state index >= 15 is 0 Å². The topological polar surface area (TPSA) is 136 Å². The van der Waals surface area contributed by atoms with E-state index < -0.39 is 11.2 Å². The van der Waals surface area contributed by atoms with E-state index in [9.17, 15) is 19.8 Å². The van der Waals surface area contributed by atoms with Crippen LogP contribution in [0.3, 0.4) is 0 Å². The number of aliphatic hydroxyl groups is 2. The lowest BCUT2D eigenvalue weighted by atomic mass is 9.85. The molecule has 2 saturated heterocycles. The lowest BCUT2D eigenvalue weighted by Crippen LogP contribution is -2.48. The minimum atomic E-state index is -0.933. The molecule has 0 atom stereocenters. The van der Waals surface area contributed by atoms with Crippen LogP contribution in [-0.2, 0) is 19.4 Å². The zero-order valence-corrected chi connectivity index (χ0v) is 33.1. The zero-order valence-electron chi connectivity index (χ0n) is 33.1. The van der Waals surface area contributed by atoms with Gasteiger partial charge in [0.25, 0.3) is 11.8 Å². The Hall–Kier alpha value is -6.22. The highest BCUT2D eigenvalue weighted by Gasteiger charge is 2.37. The Morgan fingerprint density at radius 2 is 1.50 bits per heavy atom. The van der Waals surface area contributed by atoms with Gasteiger partial charge in [-0.3, -0.25) is 19.6 Å². The van der Waals surface area contributed by atoms with Crippen molar-refractivity contribution in [2.24, 2.45) is 0 Å². The Balaban J connectivity index is 1.06. The number of pyridine rings is 2. The molecule has 58 heavy (non-hydrogen) atoms. The monoisotopic (exact) mass is 777 g/mol. The lowest BCUT2D eigenvalue weighted by molar-refractivity contribution is -0.447. The van der Waals surface area contributed by atoms with Crippen LogP contribution in [0.4, 0.5) is 0 Å². The Labute approximate surface area is 339 Å². The van der Waals surface area contributed by atoms with Gasteiger partial charge in [-0.1, -0.05) is 53.7 Å². The van der Waals surface area contributed by atoms with Gasteiger partial charge < -0.3 is 24.5 Å². The van der Waals surface area contributed by atoms with E-state index in [-0.39, 0.29) is 11.8 Å². The average molecular weight is 778 g/mol. The molecule has 3 aromatic heterocycles. The van der Waals surface area contributed by atoms with Gasteiger partial charge in [0.2, 0.25) is 6.04 Å². The molecule has 2 N–H and O–H groups in total. The highest BCUT2D eigenvalue weighted by molar-refractivity contribution is 6.01. The van der Waals surface area contributed by atoms with Crippen molar-refractivity contribution in [3.05, 3.63) is 143 Å². The Morgan fingerprint density at radius 1 is 0.845 bits per heavy atom. The fourth-order valence-electron chi connectivity index (χ4n) is 7.91. The summed E-state index contributed by atoms with van der Waals surface area (Å²) in [6, 6.07) is 27.8. The summed E-state index contributed by atoms with van der Waals surface area (Å²) in [5.74, 6) is 0.0621. The lowest BCUT2D eigenvalue weighted by Gasteiger charge is -2.38. The van der Waals surface area contributed by atoms with Crippen LogP contribution < -0.4 is 0 Å². The molecule has 0 unspecified atom stereocenters. The third-order valence-electron chi connectivity index (χ3n) is 11.3. The van der Waals surface area contributed by atoms with Crippen molar-refractivity contribution in [3.63, 3.8) is 0 Å². The molecule has 11 nitrogen and oxygen atoms in total. The molecule has 296 valence electrons. The Kier molecular flexibility index (Phi) is 12.1. The van der Waals surface area contributed by atoms with Crippen molar-refractivity contribution in [1.82, 2.24) is 24.9 Å². The summed E-state index contributed by atoms with van der Waals surface area (Å²) < 4.78 is 7.37. The van der Waals surface area contributed by atoms with Gasteiger partial charge in [0.1, 0.15) is 5.56 Å². The first-order chi connectivity index (χ1) is 28.0. The standard InChI is InChI=1S/C47H49N6O5/c1-4-51(25-17-34(2)43-42(35(3)50-58-43)45(55)53-28-18-46(56,19-29-53)31-36-10-6-5-7-11-36)33-37-13-14-40(38-15-23-48-24-16-38)41(30-37)44(54)52-26-20-47(57,21-27-52)32-39-12-8-9-22-49-39/h1,5-17,22-25,30,56-57H,18-21,26-29,31-33H2,2-3H3/q+1. The van der Waals surface area contributed by atoms with Crippen molar-refractivity contribution in [1.29, 1.82) is 0 Å². The smallest absolute Gasteiger partial charge is 0.259 e. The summed E-state index contributed by atoms with van der Waals surface area (Å²) in [7, 11) is 0. The number of hydrogen-bond donors (Lipinski definition) is 2. The van der Waals surface area contributed by atoms with Crippen LogP contribution in [0, 0.1) is 19.4 Å². The summed E-state index contributed by atoms with van der Waals surface area (Å²) >= 11 is 0. The van der Waals surface area contributed by atoms with Gasteiger partial charge >= 0.3 is 0 Å². The molecular weight excluding hydrogens is 729 g/mol. The van der Waals surface area contributed by atoms with Crippen LogP contribution >= 0.6 is 0 Å². The Morgan fingerprint density at radius 3 is 2.16 bits per heavy atom. The van der Waals surface area contributed by atoms with Crippen molar-refractivity contribution in [3.8, 4) is 23.6 Å². The first kappa shape index (κ1) is 40.0. The molecule has 11 heteroatoms. The van der Waals surface area contributed by atoms with Gasteiger partial charge in [-0.2, -0.15) is 0 Å². The fraction of sp³-hybridized carbons (Fsp3) is 0.319. The number of carbonyl (C=O) groups is 2. The molecule has 5 aromatic rings. The van der Waals surface area contributed by atoms with Gasteiger partial charge in [-0.15, -0.1) is 4.58 Å². The summed E-state index contributed by atoms with van der Waals surface area (Å²) in [5, 5.41) is 26.8. The highest BCUT2D eigenvalue weighted by atomic mass is 16.5. The summed E-state index contributed by atoms with van der Waals surface area (Å²) in [4.78, 5) is 40.2. The number of nitrogens with zero attached hydrogens (tertiary/aromatic N) is 6. The van der Waals surface area contributed by atoms with Crippen molar-refractivity contribution >= 4 is 23.6 Å². The van der Waals surface area contributed by atoms with Gasteiger partial charge in [-0.25, -0.2) is 0 Å². The number of aromatic nitrogens is 3. The van der Waals surface area contributed by atoms with E-state index in [0.717, 1.165) is 27.9 Å². The molecule has 0 bridgehead atoms. The predicted octanol–water partition coefficient (Wildman–Crippen LogP) is 6.14. The molecule has 5 heterocycles. The number of carbonyl (C=O) groups excluding carboxylic acids is 2. The van der Waals surface area contributed by atoms with E-state index in [1.54, 1.807) is 52.2 Å². The number of rotatable bonds is 11. The van der Waals surface area contributed by atoms with Crippen molar-refractivity contribution < 1.29 is 28.9 Å². The molecule has 7 rings (SSSR count). The maximum Gasteiger partial charge on any atom is 0.259 e. The summed E-state index contributed by atoms with van der Waals surface area (Å²) in [6.07, 6.45) is 17.5. The number of piperidine rings is 2. The van der Waals surface area contributed by atoms with Crippen LogP contribution in [0.5, 0.6) is 0 Å². The maximum absolute atomic E-state index is 14.2. The summed E-state index contributed by atoms with van der Waals surface area (Å²) in [6.45, 7) is 5.56. The third-order valence-corrected chi connectivity index (χ3v) is 11.3. The fourth-order valence-corrected chi connectivity index (χ4v) is 7.91. The highest BCUT2D eigenvalue weighted by Crippen LogP contribution is 2.32. The summed E-state index contributed by atoms with van der Waals surface area (Å²) in [5.41, 5.74) is 4.66. The number of hydrogen-bond acceptors (Lipinski definition) is 8. The van der Waals surface area contributed by atoms with Crippen LogP contribution in [0.25, 0.3) is 16.7 Å². The number of likely N-dealkylation sites (tertiary alicyclic amines) is 2. The number of benzene rings is 2. The molecule has 0 spiro atoms. The second-order valence-electron chi connectivity index (χ2n) is 15.5. The number of aryl methyl sites for hydroxylation is 1. The number of amides is 2. The predicted molar refractivity (Wildman–Crippen MR) is 222 cm³/mol. The van der Waals surface area contributed by atoms with E-state index in [0.29, 0.717) is 99.4 Å². The van der Waals surface area contributed by atoms with Gasteiger partial charge in [0, 0.05) is 86.1 Å². The SMILES string of the molecule is C#C[N+](=CC=C(C)c1onc(C)c1C(=O)N1CCC(O)(Cc2ccccc2)CC1)Cc1ccc(-c2ccncc2)c(C(=O)N2CCC(O)(Cc3ccccn3)CC2)c1. The van der Waals surface area contributed by atoms with E-state index in [4.69, 9.17) is 10.9 Å². The molecule has 2 amide bonds. The number of terminal acetylenes is 1. The Bertz CT molecular complexity index is 2330. The molecule has 0 radical (unpaired) electrons. The van der Waals surface area contributed by atoms with Crippen LogP contribution in [-0.4, -0.2) is 95.1 Å². The van der Waals surface area contributed by atoms with E-state index in [1.807, 2.05) is 85.8 Å². The molecule has 2 aliphatic heterocycles. The van der Waals surface area contributed by atoms with Crippen LogP contribution in [0.1, 0.15) is 81.6 Å². The minimum absolute atomic E-state index is 0.118. The number of allylic oxidation sites excluding steroid dienone is 2. The van der Waals surface area contributed by atoms with Crippen LogP contribution in [0.2, 0.25) is 0 Å².